The van der Waals surface area contributed by atoms with Crippen LogP contribution in [0.3, 0.4) is 0 Å². The van der Waals surface area contributed by atoms with Crippen LogP contribution in [0.1, 0.15) is 27.0 Å². The largest absolute Gasteiger partial charge is 0.465 e. The Bertz CT molecular complexity index is 1440. The van der Waals surface area contributed by atoms with Crippen molar-refractivity contribution in [2.75, 3.05) is 37.1 Å². The summed E-state index contributed by atoms with van der Waals surface area (Å²) in [4.78, 5) is 25.0. The SMILES string of the molecule is COC(=O)c1ccc2c(c1)NC(=O)/C2=C(\Nc1ccc(CNCCNS(C)(=O)=O)cc1)c1ccccc1. The fraction of sp³-hybridized carbons (Fsp3) is 0.185. The Labute approximate surface area is 216 Å². The van der Waals surface area contributed by atoms with Crippen LogP contribution in [-0.4, -0.2) is 46.7 Å². The highest BCUT2D eigenvalue weighted by molar-refractivity contribution is 7.88. The van der Waals surface area contributed by atoms with Gasteiger partial charge in [0.2, 0.25) is 10.0 Å². The molecule has 0 aromatic heterocycles. The zero-order chi connectivity index (χ0) is 26.4. The van der Waals surface area contributed by atoms with E-state index >= 15 is 0 Å². The highest BCUT2D eigenvalue weighted by Crippen LogP contribution is 2.38. The maximum absolute atomic E-state index is 13.1. The number of rotatable bonds is 10. The van der Waals surface area contributed by atoms with Crippen molar-refractivity contribution in [2.24, 2.45) is 0 Å². The Morgan fingerprint density at radius 3 is 2.35 bits per heavy atom. The molecule has 0 saturated heterocycles. The summed E-state index contributed by atoms with van der Waals surface area (Å²) in [7, 11) is -1.88. The summed E-state index contributed by atoms with van der Waals surface area (Å²) >= 11 is 0. The molecule has 4 rings (SSSR count). The molecule has 0 spiro atoms. The van der Waals surface area contributed by atoms with Gasteiger partial charge in [-0.2, -0.15) is 0 Å². The Morgan fingerprint density at radius 2 is 1.68 bits per heavy atom. The predicted octanol–water partition coefficient (Wildman–Crippen LogP) is 3.04. The van der Waals surface area contributed by atoms with Gasteiger partial charge in [-0.15, -0.1) is 0 Å². The molecule has 1 aliphatic rings. The predicted molar refractivity (Wildman–Crippen MR) is 144 cm³/mol. The van der Waals surface area contributed by atoms with Gasteiger partial charge in [-0.25, -0.2) is 17.9 Å². The van der Waals surface area contributed by atoms with Gasteiger partial charge in [-0.05, 0) is 35.4 Å². The van der Waals surface area contributed by atoms with Crippen LogP contribution in [0.5, 0.6) is 0 Å². The molecule has 1 amide bonds. The van der Waals surface area contributed by atoms with Crippen LogP contribution >= 0.6 is 0 Å². The van der Waals surface area contributed by atoms with Crippen molar-refractivity contribution in [1.82, 2.24) is 10.0 Å². The lowest BCUT2D eigenvalue weighted by atomic mass is 9.99. The molecular weight excluding hydrogens is 492 g/mol. The molecule has 0 fully saturated rings. The van der Waals surface area contributed by atoms with Crippen molar-refractivity contribution in [1.29, 1.82) is 0 Å². The second-order valence-corrected chi connectivity index (χ2v) is 10.3. The smallest absolute Gasteiger partial charge is 0.337 e. The first kappa shape index (κ1) is 26.1. The molecule has 10 heteroatoms. The van der Waals surface area contributed by atoms with Gasteiger partial charge in [0.05, 0.1) is 35.9 Å². The third-order valence-corrected chi connectivity index (χ3v) is 6.44. The maximum atomic E-state index is 13.1. The first-order valence-electron chi connectivity index (χ1n) is 11.6. The Balaban J connectivity index is 1.57. The lowest BCUT2D eigenvalue weighted by molar-refractivity contribution is -0.110. The molecule has 4 N–H and O–H groups in total. The molecule has 3 aromatic carbocycles. The van der Waals surface area contributed by atoms with Crippen LogP contribution < -0.4 is 20.7 Å². The van der Waals surface area contributed by atoms with E-state index in [4.69, 9.17) is 4.74 Å². The van der Waals surface area contributed by atoms with Crippen LogP contribution in [0, 0.1) is 0 Å². The number of anilines is 2. The molecule has 3 aromatic rings. The average molecular weight is 521 g/mol. The zero-order valence-corrected chi connectivity index (χ0v) is 21.3. The summed E-state index contributed by atoms with van der Waals surface area (Å²) in [5.41, 5.74) is 5.36. The number of benzene rings is 3. The summed E-state index contributed by atoms with van der Waals surface area (Å²) in [5.74, 6) is -0.746. The molecule has 0 saturated carbocycles. The molecule has 0 bridgehead atoms. The maximum Gasteiger partial charge on any atom is 0.337 e. The van der Waals surface area contributed by atoms with Gasteiger partial charge in [-0.1, -0.05) is 48.5 Å². The summed E-state index contributed by atoms with van der Waals surface area (Å²) in [6.45, 7) is 1.40. The number of hydrogen-bond donors (Lipinski definition) is 4. The molecule has 0 atom stereocenters. The van der Waals surface area contributed by atoms with E-state index in [9.17, 15) is 18.0 Å². The standard InChI is InChI=1S/C27H28N4O5S/c1-36-27(33)20-10-13-22-23(16-20)31-26(32)24(22)25(19-6-4-3-5-7-19)30-21-11-8-18(9-12-21)17-28-14-15-29-37(2,34)35/h3-13,16,28-30H,14-15,17H2,1-2H3,(H,31,32)/b25-24-. The number of fused-ring (bicyclic) bond motifs is 1. The summed E-state index contributed by atoms with van der Waals surface area (Å²) < 4.78 is 29.5. The van der Waals surface area contributed by atoms with Crippen molar-refractivity contribution in [2.45, 2.75) is 6.54 Å². The number of carbonyl (C=O) groups is 2. The van der Waals surface area contributed by atoms with Crippen molar-refractivity contribution >= 4 is 44.5 Å². The number of sulfonamides is 1. The van der Waals surface area contributed by atoms with Gasteiger partial charge >= 0.3 is 5.97 Å². The van der Waals surface area contributed by atoms with Gasteiger partial charge in [0.15, 0.2) is 0 Å². The van der Waals surface area contributed by atoms with Crippen LogP contribution in [0.25, 0.3) is 11.3 Å². The number of amides is 1. The van der Waals surface area contributed by atoms with Gasteiger partial charge in [-0.3, -0.25) is 4.79 Å². The minimum absolute atomic E-state index is 0.271. The Morgan fingerprint density at radius 1 is 0.946 bits per heavy atom. The molecule has 192 valence electrons. The molecule has 0 radical (unpaired) electrons. The topological polar surface area (TPSA) is 126 Å². The van der Waals surface area contributed by atoms with E-state index in [1.54, 1.807) is 18.2 Å². The zero-order valence-electron chi connectivity index (χ0n) is 20.5. The number of esters is 1. The van der Waals surface area contributed by atoms with Crippen molar-refractivity contribution < 1.29 is 22.7 Å². The van der Waals surface area contributed by atoms with Crippen molar-refractivity contribution in [3.05, 3.63) is 95.1 Å². The van der Waals surface area contributed by atoms with E-state index in [-0.39, 0.29) is 5.91 Å². The van der Waals surface area contributed by atoms with E-state index in [2.05, 4.69) is 20.7 Å². The van der Waals surface area contributed by atoms with Gasteiger partial charge in [0, 0.05) is 30.9 Å². The lowest BCUT2D eigenvalue weighted by Gasteiger charge is -2.15. The molecular formula is C27H28N4O5S. The van der Waals surface area contributed by atoms with E-state index in [0.717, 1.165) is 23.1 Å². The number of methoxy groups -OCH3 is 1. The fourth-order valence-corrected chi connectivity index (χ4v) is 4.43. The second-order valence-electron chi connectivity index (χ2n) is 8.49. The summed E-state index contributed by atoms with van der Waals surface area (Å²) in [6.07, 6.45) is 1.13. The van der Waals surface area contributed by atoms with E-state index < -0.39 is 16.0 Å². The van der Waals surface area contributed by atoms with E-state index in [1.807, 2.05) is 54.6 Å². The minimum atomic E-state index is -3.20. The first-order valence-corrected chi connectivity index (χ1v) is 13.5. The second kappa shape index (κ2) is 11.4. The third kappa shape index (κ3) is 6.62. The third-order valence-electron chi connectivity index (χ3n) is 5.72. The van der Waals surface area contributed by atoms with Gasteiger partial charge in [0.25, 0.3) is 5.91 Å². The number of carbonyl (C=O) groups excluding carboxylic acids is 2. The van der Waals surface area contributed by atoms with Crippen molar-refractivity contribution in [3.8, 4) is 0 Å². The quantitative estimate of drug-likeness (QED) is 0.184. The Kier molecular flexibility index (Phi) is 8.02. The van der Waals surface area contributed by atoms with E-state index in [0.29, 0.717) is 47.7 Å². The van der Waals surface area contributed by atoms with Crippen LogP contribution in [0.2, 0.25) is 0 Å². The monoisotopic (exact) mass is 520 g/mol. The van der Waals surface area contributed by atoms with Crippen molar-refractivity contribution in [3.63, 3.8) is 0 Å². The van der Waals surface area contributed by atoms with Crippen LogP contribution in [-0.2, 0) is 26.1 Å². The number of ether oxygens (including phenoxy) is 1. The Hall–Kier alpha value is -3.99. The molecule has 0 unspecified atom stereocenters. The lowest BCUT2D eigenvalue weighted by Crippen LogP contribution is -2.30. The van der Waals surface area contributed by atoms with Crippen LogP contribution in [0.4, 0.5) is 11.4 Å². The number of hydrogen-bond acceptors (Lipinski definition) is 7. The highest BCUT2D eigenvalue weighted by Gasteiger charge is 2.29. The summed E-state index contributed by atoms with van der Waals surface area (Å²) in [6, 6.07) is 22.3. The minimum Gasteiger partial charge on any atom is -0.465 e. The molecule has 9 nitrogen and oxygen atoms in total. The highest BCUT2D eigenvalue weighted by atomic mass is 32.2. The van der Waals surface area contributed by atoms with Crippen LogP contribution in [0.15, 0.2) is 72.8 Å². The summed E-state index contributed by atoms with van der Waals surface area (Å²) in [5, 5.41) is 9.46. The molecule has 37 heavy (non-hydrogen) atoms. The molecule has 1 heterocycles. The molecule has 0 aliphatic carbocycles. The number of nitrogens with one attached hydrogen (secondary N) is 4. The van der Waals surface area contributed by atoms with E-state index in [1.165, 1.54) is 7.11 Å². The normalized spacial score (nSPS) is 14.1. The molecule has 1 aliphatic heterocycles. The van der Waals surface area contributed by atoms with Gasteiger partial charge < -0.3 is 20.7 Å². The van der Waals surface area contributed by atoms with Gasteiger partial charge in [0.1, 0.15) is 0 Å². The fourth-order valence-electron chi connectivity index (χ4n) is 3.96. The first-order chi connectivity index (χ1) is 17.7. The average Bonchev–Trinajstić information content (AvgIpc) is 3.22.